The van der Waals surface area contributed by atoms with Gasteiger partial charge in [-0.1, -0.05) is 18.2 Å². The average Bonchev–Trinajstić information content (AvgIpc) is 2.92. The van der Waals surface area contributed by atoms with Crippen molar-refractivity contribution in [3.05, 3.63) is 59.4 Å². The Hall–Kier alpha value is -2.62. The largest absolute Gasteiger partial charge is 0.342 e. The molecule has 4 nitrogen and oxygen atoms in total. The lowest BCUT2D eigenvalue weighted by atomic mass is 10.0. The van der Waals surface area contributed by atoms with Crippen molar-refractivity contribution in [1.29, 1.82) is 0 Å². The number of aromatic nitrogens is 2. The van der Waals surface area contributed by atoms with Crippen LogP contribution in [-0.4, -0.2) is 22.4 Å². The number of carbonyl (C=O) groups is 1. The predicted octanol–water partition coefficient (Wildman–Crippen LogP) is 3.46. The van der Waals surface area contributed by atoms with Gasteiger partial charge in [-0.15, -0.1) is 0 Å². The van der Waals surface area contributed by atoms with E-state index in [-0.39, 0.29) is 5.91 Å². The van der Waals surface area contributed by atoms with Crippen molar-refractivity contribution in [2.45, 2.75) is 19.8 Å². The number of anilines is 1. The summed E-state index contributed by atoms with van der Waals surface area (Å²) in [4.78, 5) is 22.4. The van der Waals surface area contributed by atoms with E-state index in [1.54, 1.807) is 0 Å². The number of para-hydroxylation sites is 1. The number of H-pyrrole nitrogens is 1. The summed E-state index contributed by atoms with van der Waals surface area (Å²) in [6.45, 7) is 2.69. The Morgan fingerprint density at radius 3 is 3.00 bits per heavy atom. The van der Waals surface area contributed by atoms with E-state index in [1.165, 1.54) is 5.56 Å². The van der Waals surface area contributed by atoms with Gasteiger partial charge in [0.2, 0.25) is 0 Å². The van der Waals surface area contributed by atoms with Crippen LogP contribution in [0.15, 0.2) is 42.5 Å². The molecule has 0 saturated heterocycles. The molecule has 0 fully saturated rings. The standard InChI is InChI=1S/C18H17N3O/c1-12-19-15-9-8-14(11-16(15)20-12)18(22)21-10-4-6-13-5-2-3-7-17(13)21/h2-3,5,7-9,11H,4,6,10H2,1H3,(H,19,20). The number of rotatable bonds is 1. The second-order valence-corrected chi connectivity index (χ2v) is 5.74. The van der Waals surface area contributed by atoms with Gasteiger partial charge in [-0.05, 0) is 49.6 Å². The molecule has 1 aromatic heterocycles. The van der Waals surface area contributed by atoms with Gasteiger partial charge >= 0.3 is 0 Å². The van der Waals surface area contributed by atoms with Crippen LogP contribution >= 0.6 is 0 Å². The number of benzene rings is 2. The summed E-state index contributed by atoms with van der Waals surface area (Å²) in [7, 11) is 0. The molecule has 3 aromatic rings. The van der Waals surface area contributed by atoms with Gasteiger partial charge in [0.15, 0.2) is 0 Å². The molecule has 1 aliphatic heterocycles. The number of hydrogen-bond donors (Lipinski definition) is 1. The van der Waals surface area contributed by atoms with E-state index in [1.807, 2.05) is 48.2 Å². The number of hydrogen-bond acceptors (Lipinski definition) is 2. The van der Waals surface area contributed by atoms with Gasteiger partial charge in [-0.25, -0.2) is 4.98 Å². The molecule has 0 radical (unpaired) electrons. The highest BCUT2D eigenvalue weighted by molar-refractivity contribution is 6.08. The first kappa shape index (κ1) is 13.1. The molecule has 2 heterocycles. The second kappa shape index (κ2) is 4.98. The number of carbonyl (C=O) groups excluding carboxylic acids is 1. The Bertz CT molecular complexity index is 866. The van der Waals surface area contributed by atoms with Crippen LogP contribution in [0.3, 0.4) is 0 Å². The molecule has 110 valence electrons. The van der Waals surface area contributed by atoms with E-state index in [9.17, 15) is 4.79 Å². The zero-order valence-electron chi connectivity index (χ0n) is 12.5. The van der Waals surface area contributed by atoms with E-state index in [4.69, 9.17) is 0 Å². The van der Waals surface area contributed by atoms with E-state index < -0.39 is 0 Å². The lowest BCUT2D eigenvalue weighted by molar-refractivity contribution is 0.0985. The topological polar surface area (TPSA) is 49.0 Å². The van der Waals surface area contributed by atoms with Gasteiger partial charge in [0.1, 0.15) is 5.82 Å². The molecule has 0 unspecified atom stereocenters. The molecule has 4 heteroatoms. The van der Waals surface area contributed by atoms with Crippen molar-refractivity contribution in [2.24, 2.45) is 0 Å². The van der Waals surface area contributed by atoms with Crippen molar-refractivity contribution >= 4 is 22.6 Å². The molecule has 0 atom stereocenters. The third-order valence-electron chi connectivity index (χ3n) is 4.20. The lowest BCUT2D eigenvalue weighted by Gasteiger charge is -2.29. The van der Waals surface area contributed by atoms with Crippen LogP contribution in [-0.2, 0) is 6.42 Å². The van der Waals surface area contributed by atoms with Crippen molar-refractivity contribution < 1.29 is 4.79 Å². The molecule has 0 bridgehead atoms. The Balaban J connectivity index is 1.74. The lowest BCUT2D eigenvalue weighted by Crippen LogP contribution is -2.35. The van der Waals surface area contributed by atoms with Crippen LogP contribution in [0.4, 0.5) is 5.69 Å². The van der Waals surface area contributed by atoms with Crippen LogP contribution in [0, 0.1) is 6.92 Å². The van der Waals surface area contributed by atoms with Gasteiger partial charge in [-0.3, -0.25) is 4.79 Å². The minimum Gasteiger partial charge on any atom is -0.342 e. The summed E-state index contributed by atoms with van der Waals surface area (Å²) in [6, 6.07) is 13.8. The number of aromatic amines is 1. The fourth-order valence-corrected chi connectivity index (χ4v) is 3.17. The average molecular weight is 291 g/mol. The molecule has 4 rings (SSSR count). The SMILES string of the molecule is Cc1nc2ccc(C(=O)N3CCCc4ccccc43)cc2[nH]1. The monoisotopic (exact) mass is 291 g/mol. The third kappa shape index (κ3) is 2.08. The maximum absolute atomic E-state index is 12.9. The quantitative estimate of drug-likeness (QED) is 0.746. The number of imidazole rings is 1. The maximum atomic E-state index is 12.9. The first-order valence-corrected chi connectivity index (χ1v) is 7.58. The van der Waals surface area contributed by atoms with Crippen LogP contribution in [0.2, 0.25) is 0 Å². The van der Waals surface area contributed by atoms with Gasteiger partial charge in [0.25, 0.3) is 5.91 Å². The molecule has 0 saturated carbocycles. The highest BCUT2D eigenvalue weighted by Crippen LogP contribution is 2.28. The molecule has 22 heavy (non-hydrogen) atoms. The zero-order valence-corrected chi connectivity index (χ0v) is 12.5. The summed E-state index contributed by atoms with van der Waals surface area (Å²) in [6.07, 6.45) is 2.05. The van der Waals surface area contributed by atoms with E-state index >= 15 is 0 Å². The summed E-state index contributed by atoms with van der Waals surface area (Å²) >= 11 is 0. The van der Waals surface area contributed by atoms with Crippen molar-refractivity contribution in [1.82, 2.24) is 9.97 Å². The number of aryl methyl sites for hydroxylation is 2. The van der Waals surface area contributed by atoms with Crippen LogP contribution in [0.1, 0.15) is 28.2 Å². The third-order valence-corrected chi connectivity index (χ3v) is 4.20. The summed E-state index contributed by atoms with van der Waals surface area (Å²) in [5.41, 5.74) is 4.80. The number of nitrogens with one attached hydrogen (secondary N) is 1. The number of nitrogens with zero attached hydrogens (tertiary/aromatic N) is 2. The molecular formula is C18H17N3O. The Morgan fingerprint density at radius 1 is 1.23 bits per heavy atom. The van der Waals surface area contributed by atoms with Crippen molar-refractivity contribution in [3.63, 3.8) is 0 Å². The van der Waals surface area contributed by atoms with Crippen molar-refractivity contribution in [2.75, 3.05) is 11.4 Å². The maximum Gasteiger partial charge on any atom is 0.258 e. The Labute approximate surface area is 128 Å². The van der Waals surface area contributed by atoms with Crippen LogP contribution in [0.25, 0.3) is 11.0 Å². The van der Waals surface area contributed by atoms with E-state index in [0.717, 1.165) is 41.9 Å². The highest BCUT2D eigenvalue weighted by atomic mass is 16.2. The minimum atomic E-state index is 0.0568. The minimum absolute atomic E-state index is 0.0568. The highest BCUT2D eigenvalue weighted by Gasteiger charge is 2.23. The number of fused-ring (bicyclic) bond motifs is 2. The molecule has 0 aliphatic carbocycles. The van der Waals surface area contributed by atoms with E-state index in [0.29, 0.717) is 5.56 Å². The smallest absolute Gasteiger partial charge is 0.258 e. The predicted molar refractivity (Wildman–Crippen MR) is 87.3 cm³/mol. The van der Waals surface area contributed by atoms with E-state index in [2.05, 4.69) is 16.0 Å². The molecule has 1 aliphatic rings. The Morgan fingerprint density at radius 2 is 2.09 bits per heavy atom. The fourth-order valence-electron chi connectivity index (χ4n) is 3.17. The van der Waals surface area contributed by atoms with Gasteiger partial charge < -0.3 is 9.88 Å². The van der Waals surface area contributed by atoms with Crippen LogP contribution < -0.4 is 4.90 Å². The first-order valence-electron chi connectivity index (χ1n) is 7.58. The number of amides is 1. The van der Waals surface area contributed by atoms with Crippen molar-refractivity contribution in [3.8, 4) is 0 Å². The molecule has 1 N–H and O–H groups in total. The van der Waals surface area contributed by atoms with Gasteiger partial charge in [-0.2, -0.15) is 0 Å². The normalized spacial score (nSPS) is 14.1. The summed E-state index contributed by atoms with van der Waals surface area (Å²) in [5, 5.41) is 0. The fraction of sp³-hybridized carbons (Fsp3) is 0.222. The Kier molecular flexibility index (Phi) is 2.96. The van der Waals surface area contributed by atoms with Gasteiger partial charge in [0, 0.05) is 17.8 Å². The summed E-state index contributed by atoms with van der Waals surface area (Å²) in [5.74, 6) is 0.921. The molecule has 1 amide bonds. The van der Waals surface area contributed by atoms with Crippen LogP contribution in [0.5, 0.6) is 0 Å². The molecular weight excluding hydrogens is 274 g/mol. The summed E-state index contributed by atoms with van der Waals surface area (Å²) < 4.78 is 0. The molecule has 0 spiro atoms. The first-order chi connectivity index (χ1) is 10.7. The second-order valence-electron chi connectivity index (χ2n) is 5.74. The zero-order chi connectivity index (χ0) is 15.1. The van der Waals surface area contributed by atoms with Gasteiger partial charge in [0.05, 0.1) is 11.0 Å². The molecule has 2 aromatic carbocycles.